The number of carbonyl (C=O) groups is 5. The Morgan fingerprint density at radius 2 is 1.78 bits per heavy atom. The maximum absolute atomic E-state index is 14.8. The molecule has 5 atom stereocenters. The average Bonchev–Trinajstić information content (AvgIpc) is 4.00. The van der Waals surface area contributed by atoms with Gasteiger partial charge < -0.3 is 33.9 Å². The van der Waals surface area contributed by atoms with Gasteiger partial charge in [0, 0.05) is 87.9 Å². The molecule has 3 saturated heterocycles. The minimum Gasteiger partial charge on any atom is -0.464 e. The molecule has 0 aliphatic carbocycles. The summed E-state index contributed by atoms with van der Waals surface area (Å²) in [6.45, 7) is 17.1. The predicted octanol–water partition coefficient (Wildman–Crippen LogP) is 5.41. The summed E-state index contributed by atoms with van der Waals surface area (Å²) in [5, 5.41) is 5.60. The number of morpholine rings is 1. The van der Waals surface area contributed by atoms with Crippen LogP contribution >= 0.6 is 0 Å². The van der Waals surface area contributed by atoms with E-state index in [9.17, 15) is 24.0 Å². The minimum atomic E-state index is -1.06. The number of carbonyl (C=O) groups excluding carboxylic acids is 5. The second-order valence-electron chi connectivity index (χ2n) is 20.9. The molecule has 4 amide bonds. The number of nitrogens with one attached hydrogen (secondary N) is 2. The molecule has 8 rings (SSSR count). The molecule has 16 nitrogen and oxygen atoms in total. The SMILES string of the molecule is CCn1c(-c2cccnc2C(C)OC)c2c3cc(ccc31)-c1cccc(c1)CC(NC(=O)C(C(C)C)N(C)C(=O)C1CCN(C(=O)C#CCN3CCOCC3)C1)C(=O)N1CCCC(N1)C(=O)OCC(C)(C)C2. The van der Waals surface area contributed by atoms with E-state index in [1.54, 1.807) is 25.3 Å². The fraction of sp³-hybridized carbons (Fsp3) is 0.536. The number of hydrogen-bond acceptors (Lipinski definition) is 11. The first-order valence-corrected chi connectivity index (χ1v) is 25.7. The van der Waals surface area contributed by atoms with Gasteiger partial charge in [0.15, 0.2) is 0 Å². The molecule has 2 aromatic carbocycles. The molecule has 72 heavy (non-hydrogen) atoms. The molecule has 4 aliphatic rings. The van der Waals surface area contributed by atoms with E-state index >= 15 is 0 Å². The van der Waals surface area contributed by atoms with Crippen molar-refractivity contribution in [1.82, 2.24) is 40.0 Å². The summed E-state index contributed by atoms with van der Waals surface area (Å²) in [7, 11) is 3.31. The van der Waals surface area contributed by atoms with Crippen LogP contribution in [-0.2, 0) is 57.6 Å². The highest BCUT2D eigenvalue weighted by Crippen LogP contribution is 2.42. The van der Waals surface area contributed by atoms with Gasteiger partial charge in [0.05, 0.1) is 49.8 Å². The third-order valence-corrected chi connectivity index (χ3v) is 14.7. The number of pyridine rings is 1. The number of esters is 1. The number of amides is 4. The number of aromatic nitrogens is 2. The van der Waals surface area contributed by atoms with Gasteiger partial charge >= 0.3 is 5.97 Å². The molecular formula is C56H72N8O8. The number of cyclic esters (lactones) is 1. The van der Waals surface area contributed by atoms with Crippen LogP contribution in [0.5, 0.6) is 0 Å². The number of likely N-dealkylation sites (N-methyl/N-ethyl adjacent to an activating group) is 1. The first kappa shape index (κ1) is 52.2. The molecule has 4 aliphatic heterocycles. The van der Waals surface area contributed by atoms with Crippen LogP contribution in [0, 0.1) is 29.1 Å². The van der Waals surface area contributed by atoms with Crippen molar-refractivity contribution in [1.29, 1.82) is 0 Å². The Morgan fingerprint density at radius 3 is 2.53 bits per heavy atom. The minimum absolute atomic E-state index is 0.131. The first-order valence-electron chi connectivity index (χ1n) is 25.7. The summed E-state index contributed by atoms with van der Waals surface area (Å²) >= 11 is 0. The Balaban J connectivity index is 1.10. The zero-order chi connectivity index (χ0) is 51.3. The van der Waals surface area contributed by atoms with Crippen LogP contribution in [0.3, 0.4) is 0 Å². The fourth-order valence-electron chi connectivity index (χ4n) is 10.8. The van der Waals surface area contributed by atoms with E-state index in [0.29, 0.717) is 65.1 Å². The molecule has 4 aromatic rings. The number of methoxy groups -OCH3 is 1. The highest BCUT2D eigenvalue weighted by molar-refractivity contribution is 5.97. The van der Waals surface area contributed by atoms with Crippen LogP contribution in [0.2, 0.25) is 0 Å². The molecule has 5 unspecified atom stereocenters. The van der Waals surface area contributed by atoms with Gasteiger partial charge in [0.1, 0.15) is 18.1 Å². The largest absolute Gasteiger partial charge is 0.464 e. The summed E-state index contributed by atoms with van der Waals surface area (Å²) in [5.74, 6) is 3.00. The van der Waals surface area contributed by atoms with Gasteiger partial charge in [-0.3, -0.25) is 38.9 Å². The maximum atomic E-state index is 14.8. The van der Waals surface area contributed by atoms with E-state index in [2.05, 4.69) is 89.2 Å². The van der Waals surface area contributed by atoms with Crippen molar-refractivity contribution in [3.63, 3.8) is 0 Å². The standard InChI is InChI=1S/C56H72N8O8/c1-9-63-47-20-19-40-32-43(47)44(51(63)42-16-11-22-57-49(42)37(4)70-8)33-56(5,6)35-72-55(69)45-17-12-24-64(59-45)54(68)46(31-38-14-10-15-39(40)30-38)58-52(66)50(36(2)3)60(7)53(67)41-21-25-62(34-41)48(65)18-13-23-61-26-28-71-29-27-61/h10-11,14-16,19-20,22,30,32,36-37,41,45-46,50,59H,9,12,17,21,23-29,31,33-35H2,1-8H3,(H,58,66). The van der Waals surface area contributed by atoms with Crippen LogP contribution in [0.15, 0.2) is 60.8 Å². The Labute approximate surface area is 424 Å². The second kappa shape index (κ2) is 22.7. The third-order valence-electron chi connectivity index (χ3n) is 14.7. The number of rotatable bonds is 10. The molecule has 6 bridgehead atoms. The smallest absolute Gasteiger partial charge is 0.324 e. The third kappa shape index (κ3) is 11.5. The number of hydrogen-bond donors (Lipinski definition) is 2. The first-order chi connectivity index (χ1) is 34.6. The van der Waals surface area contributed by atoms with Crippen molar-refractivity contribution in [2.45, 2.75) is 104 Å². The van der Waals surface area contributed by atoms with Crippen LogP contribution in [0.4, 0.5) is 0 Å². The van der Waals surface area contributed by atoms with Gasteiger partial charge in [0.2, 0.25) is 11.8 Å². The van der Waals surface area contributed by atoms with Gasteiger partial charge in [-0.05, 0) is 97.9 Å². The highest BCUT2D eigenvalue weighted by Gasteiger charge is 2.40. The van der Waals surface area contributed by atoms with Gasteiger partial charge in [-0.2, -0.15) is 0 Å². The lowest BCUT2D eigenvalue weighted by atomic mass is 9.84. The van der Waals surface area contributed by atoms with Crippen molar-refractivity contribution in [2.75, 3.05) is 73.2 Å². The van der Waals surface area contributed by atoms with E-state index in [0.717, 1.165) is 63.2 Å². The summed E-state index contributed by atoms with van der Waals surface area (Å²) in [6.07, 6.45) is 3.72. The van der Waals surface area contributed by atoms with Gasteiger partial charge in [-0.1, -0.05) is 63.9 Å². The van der Waals surface area contributed by atoms with E-state index < -0.39 is 47.2 Å². The Hall–Kier alpha value is -6.12. The van der Waals surface area contributed by atoms with Crippen LogP contribution in [-0.4, -0.2) is 150 Å². The number of likely N-dealkylation sites (tertiary alicyclic amines) is 1. The Kier molecular flexibility index (Phi) is 16.5. The normalized spacial score (nSPS) is 21.6. The number of fused-ring (bicyclic) bond motifs is 6. The quantitative estimate of drug-likeness (QED) is 0.154. The zero-order valence-corrected chi connectivity index (χ0v) is 43.3. The predicted molar refractivity (Wildman–Crippen MR) is 275 cm³/mol. The van der Waals surface area contributed by atoms with Crippen LogP contribution in [0.25, 0.3) is 33.3 Å². The van der Waals surface area contributed by atoms with Crippen molar-refractivity contribution in [3.05, 3.63) is 77.6 Å². The molecule has 0 spiro atoms. The van der Waals surface area contributed by atoms with Crippen molar-refractivity contribution in [2.24, 2.45) is 17.3 Å². The van der Waals surface area contributed by atoms with Crippen LogP contribution < -0.4 is 10.7 Å². The number of benzene rings is 2. The van der Waals surface area contributed by atoms with Crippen molar-refractivity contribution >= 4 is 40.5 Å². The molecule has 384 valence electrons. The molecule has 0 radical (unpaired) electrons. The topological polar surface area (TPSA) is 168 Å². The number of hydrazine groups is 1. The zero-order valence-electron chi connectivity index (χ0n) is 43.3. The average molecular weight is 985 g/mol. The molecule has 6 heterocycles. The molecular weight excluding hydrogens is 913 g/mol. The second-order valence-corrected chi connectivity index (χ2v) is 20.9. The van der Waals surface area contributed by atoms with Crippen molar-refractivity contribution in [3.8, 4) is 34.2 Å². The number of aryl methyl sites for hydroxylation is 1. The van der Waals surface area contributed by atoms with E-state index in [1.807, 2.05) is 39.0 Å². The summed E-state index contributed by atoms with van der Waals surface area (Å²) < 4.78 is 19.7. The monoisotopic (exact) mass is 985 g/mol. The molecule has 2 N–H and O–H groups in total. The lowest BCUT2D eigenvalue weighted by Crippen LogP contribution is -2.62. The molecule has 3 fully saturated rings. The number of ether oxygens (including phenoxy) is 3. The van der Waals surface area contributed by atoms with E-state index in [4.69, 9.17) is 19.2 Å². The van der Waals surface area contributed by atoms with Gasteiger partial charge in [0.25, 0.3) is 11.8 Å². The van der Waals surface area contributed by atoms with E-state index in [-0.39, 0.29) is 43.4 Å². The van der Waals surface area contributed by atoms with Crippen molar-refractivity contribution < 1.29 is 38.2 Å². The molecule has 2 aromatic heterocycles. The number of nitrogens with zero attached hydrogens (tertiary/aromatic N) is 6. The van der Waals surface area contributed by atoms with Gasteiger partial charge in [-0.25, -0.2) is 5.43 Å². The maximum Gasteiger partial charge on any atom is 0.324 e. The fourth-order valence-corrected chi connectivity index (χ4v) is 10.8. The van der Waals surface area contributed by atoms with Gasteiger partial charge in [-0.15, -0.1) is 0 Å². The Morgan fingerprint density at radius 1 is 1.00 bits per heavy atom. The van der Waals surface area contributed by atoms with Crippen LogP contribution in [0.1, 0.15) is 83.7 Å². The molecule has 16 heteroatoms. The lowest BCUT2D eigenvalue weighted by Gasteiger charge is -2.37. The summed E-state index contributed by atoms with van der Waals surface area (Å²) in [5.41, 5.74) is 10.5. The molecule has 0 saturated carbocycles. The van der Waals surface area contributed by atoms with E-state index in [1.165, 1.54) is 9.91 Å². The summed E-state index contributed by atoms with van der Waals surface area (Å²) in [6, 6.07) is 15.8. The highest BCUT2D eigenvalue weighted by atomic mass is 16.5. The Bertz CT molecular complexity index is 2720. The summed E-state index contributed by atoms with van der Waals surface area (Å²) in [4.78, 5) is 80.8. The lowest BCUT2D eigenvalue weighted by molar-refractivity contribution is -0.155.